The van der Waals surface area contributed by atoms with Crippen molar-refractivity contribution >= 4 is 5.70 Å². The van der Waals surface area contributed by atoms with Crippen molar-refractivity contribution in [3.63, 3.8) is 0 Å². The summed E-state index contributed by atoms with van der Waals surface area (Å²) in [5, 5.41) is 8.39. The highest BCUT2D eigenvalue weighted by molar-refractivity contribution is 5.82. The Morgan fingerprint density at radius 3 is 1.33 bits per heavy atom. The molecule has 6 aromatic rings. The summed E-state index contributed by atoms with van der Waals surface area (Å²) in [7, 11) is 0. The van der Waals surface area contributed by atoms with Crippen molar-refractivity contribution in [2.45, 2.75) is 81.7 Å². The van der Waals surface area contributed by atoms with Crippen molar-refractivity contribution in [2.75, 3.05) is 0 Å². The van der Waals surface area contributed by atoms with Gasteiger partial charge in [0, 0.05) is 5.56 Å². The van der Waals surface area contributed by atoms with Crippen LogP contribution >= 0.6 is 0 Å². The second kappa shape index (κ2) is 26.9. The van der Waals surface area contributed by atoms with Gasteiger partial charge in [-0.3, -0.25) is 0 Å². The van der Waals surface area contributed by atoms with Gasteiger partial charge in [-0.25, -0.2) is 0 Å². The topological polar surface area (TPSA) is 24.7 Å². The van der Waals surface area contributed by atoms with Crippen LogP contribution in [0.3, 0.4) is 0 Å². The Kier molecular flexibility index (Phi) is 22.3. The van der Waals surface area contributed by atoms with Gasteiger partial charge < -0.3 is 0 Å². The van der Waals surface area contributed by atoms with E-state index in [2.05, 4.69) is 191 Å². The monoisotopic (exact) mass is 755 g/mol. The highest BCUT2D eigenvalue weighted by Gasteiger charge is 2.09. The van der Waals surface area contributed by atoms with Gasteiger partial charge in [0.1, 0.15) is 0 Å². The maximum atomic E-state index is 4.23. The van der Waals surface area contributed by atoms with E-state index >= 15 is 0 Å². The third-order valence-electron chi connectivity index (χ3n) is 8.26. The molecular formula is C55H66N2. The van der Waals surface area contributed by atoms with Crippen LogP contribution in [-0.2, 0) is 0 Å². The molecule has 296 valence electrons. The van der Waals surface area contributed by atoms with Crippen LogP contribution in [0.5, 0.6) is 0 Å². The number of nitrogens with zero attached hydrogens (tertiary/aromatic N) is 2. The van der Waals surface area contributed by atoms with E-state index in [1.54, 1.807) is 0 Å². The second-order valence-electron chi connectivity index (χ2n) is 13.8. The Labute approximate surface area is 346 Å². The van der Waals surface area contributed by atoms with Gasteiger partial charge in [-0.05, 0) is 101 Å². The molecule has 0 bridgehead atoms. The van der Waals surface area contributed by atoms with Gasteiger partial charge in [0.05, 0.1) is 11.7 Å². The summed E-state index contributed by atoms with van der Waals surface area (Å²) < 4.78 is 0. The molecule has 0 aliphatic rings. The molecule has 0 radical (unpaired) electrons. The fourth-order valence-electron chi connectivity index (χ4n) is 5.42. The SMILES string of the molecule is C=C(N=NC(C)C(=C)/C=C\CC)c1ccccc1.CC.CC.CC(C)C.Cc1cccc(-c2cccc(-c3cc(-c4ccccc4)cc(-c4ccccc4)c3)c2)c1. The zero-order valence-corrected chi connectivity index (χ0v) is 36.3. The molecule has 1 atom stereocenters. The molecular weight excluding hydrogens is 689 g/mol. The minimum atomic E-state index is -0.0201. The number of hydrogen-bond acceptors (Lipinski definition) is 2. The average Bonchev–Trinajstić information content (AvgIpc) is 3.26. The molecule has 2 heteroatoms. The van der Waals surface area contributed by atoms with Crippen LogP contribution < -0.4 is 0 Å². The Morgan fingerprint density at radius 1 is 0.509 bits per heavy atom. The van der Waals surface area contributed by atoms with Crippen LogP contribution in [0.25, 0.3) is 50.2 Å². The molecule has 0 aliphatic carbocycles. The molecule has 0 fully saturated rings. The summed E-state index contributed by atoms with van der Waals surface area (Å²) in [6.07, 6.45) is 5.06. The predicted octanol–water partition coefficient (Wildman–Crippen LogP) is 17.4. The van der Waals surface area contributed by atoms with Gasteiger partial charge in [-0.15, -0.1) is 0 Å². The van der Waals surface area contributed by atoms with E-state index in [1.165, 1.54) is 50.1 Å². The smallest absolute Gasteiger partial charge is 0.0928 e. The maximum Gasteiger partial charge on any atom is 0.0928 e. The third-order valence-corrected chi connectivity index (χ3v) is 8.26. The lowest BCUT2D eigenvalue weighted by Crippen LogP contribution is -1.98. The lowest BCUT2D eigenvalue weighted by atomic mass is 9.92. The van der Waals surface area contributed by atoms with E-state index in [0.29, 0.717) is 5.70 Å². The van der Waals surface area contributed by atoms with E-state index < -0.39 is 0 Å². The first kappa shape index (κ1) is 47.3. The Bertz CT molecular complexity index is 2030. The van der Waals surface area contributed by atoms with Crippen molar-refractivity contribution in [3.05, 3.63) is 200 Å². The van der Waals surface area contributed by atoms with Gasteiger partial charge in [-0.2, -0.15) is 10.2 Å². The number of allylic oxidation sites excluding steroid dienone is 1. The minimum Gasteiger partial charge on any atom is -0.181 e. The van der Waals surface area contributed by atoms with Crippen LogP contribution in [0.1, 0.15) is 79.9 Å². The summed E-state index contributed by atoms with van der Waals surface area (Å²) in [5.74, 6) is 0.833. The van der Waals surface area contributed by atoms with E-state index in [0.717, 1.165) is 23.5 Å². The number of rotatable bonds is 10. The van der Waals surface area contributed by atoms with E-state index in [-0.39, 0.29) is 6.04 Å². The zero-order chi connectivity index (χ0) is 42.0. The molecule has 0 heterocycles. The van der Waals surface area contributed by atoms with Crippen molar-refractivity contribution in [3.8, 4) is 44.5 Å². The van der Waals surface area contributed by atoms with Crippen LogP contribution in [0.2, 0.25) is 0 Å². The molecule has 0 N–H and O–H groups in total. The first-order valence-corrected chi connectivity index (χ1v) is 20.6. The van der Waals surface area contributed by atoms with Crippen molar-refractivity contribution < 1.29 is 0 Å². The lowest BCUT2D eigenvalue weighted by molar-refractivity contribution is 0.737. The number of aryl methyl sites for hydroxylation is 1. The Morgan fingerprint density at radius 2 is 0.877 bits per heavy atom. The fraction of sp³-hybridized carbons (Fsp3) is 0.236. The second-order valence-corrected chi connectivity index (χ2v) is 13.8. The van der Waals surface area contributed by atoms with E-state index in [1.807, 2.05) is 71.0 Å². The first-order valence-electron chi connectivity index (χ1n) is 20.6. The fourth-order valence-corrected chi connectivity index (χ4v) is 5.42. The highest BCUT2D eigenvalue weighted by atomic mass is 15.1. The largest absolute Gasteiger partial charge is 0.181 e. The molecule has 6 aromatic carbocycles. The summed E-state index contributed by atoms with van der Waals surface area (Å²) in [6.45, 7) is 28.6. The standard InChI is InChI=1S/C31H24.C16H20N2.C4H10.2C2H6/c1-23-10-8-15-26(18-23)27-16-9-17-28(19-27)31-21-29(24-11-4-2-5-12-24)20-30(22-31)25-13-6-3-7-14-25;1-5-6-10-13(2)14(3)17-18-15(4)16-11-8-7-9-12-16;1-4(2)3;2*1-2/h2-22H,1H3;6-12,14H,2,4-5H2,1,3H3;4H,1-3H3;2*1-2H3/b;10-6-,18-17?;;;. The van der Waals surface area contributed by atoms with E-state index in [9.17, 15) is 0 Å². The summed E-state index contributed by atoms with van der Waals surface area (Å²) in [5.41, 5.74) is 13.8. The van der Waals surface area contributed by atoms with Gasteiger partial charge in [0.15, 0.2) is 0 Å². The summed E-state index contributed by atoms with van der Waals surface area (Å²) in [6, 6.07) is 55.5. The van der Waals surface area contributed by atoms with Crippen LogP contribution in [0, 0.1) is 12.8 Å². The molecule has 0 spiro atoms. The highest BCUT2D eigenvalue weighted by Crippen LogP contribution is 2.34. The number of hydrogen-bond donors (Lipinski definition) is 0. The maximum absolute atomic E-state index is 4.23. The number of azo groups is 1. The molecule has 57 heavy (non-hydrogen) atoms. The summed E-state index contributed by atoms with van der Waals surface area (Å²) in [4.78, 5) is 0. The minimum absolute atomic E-state index is 0.0201. The van der Waals surface area contributed by atoms with Crippen LogP contribution in [0.4, 0.5) is 0 Å². The Balaban J connectivity index is 0.000000367. The van der Waals surface area contributed by atoms with Crippen LogP contribution in [0.15, 0.2) is 199 Å². The molecule has 0 aliphatic heterocycles. The zero-order valence-electron chi connectivity index (χ0n) is 36.3. The molecule has 6 rings (SSSR count). The summed E-state index contributed by atoms with van der Waals surface area (Å²) >= 11 is 0. The predicted molar refractivity (Wildman–Crippen MR) is 254 cm³/mol. The Hall–Kier alpha value is -5.86. The molecule has 0 saturated heterocycles. The average molecular weight is 755 g/mol. The normalized spacial score (nSPS) is 10.8. The van der Waals surface area contributed by atoms with E-state index in [4.69, 9.17) is 0 Å². The van der Waals surface area contributed by atoms with Gasteiger partial charge in [-0.1, -0.05) is 220 Å². The molecule has 1 unspecified atom stereocenters. The molecule has 0 saturated carbocycles. The lowest BCUT2D eigenvalue weighted by Gasteiger charge is -2.12. The molecule has 0 amide bonds. The van der Waals surface area contributed by atoms with Crippen molar-refractivity contribution in [2.24, 2.45) is 16.1 Å². The van der Waals surface area contributed by atoms with Crippen molar-refractivity contribution in [1.29, 1.82) is 0 Å². The number of benzene rings is 6. The van der Waals surface area contributed by atoms with Gasteiger partial charge in [0.25, 0.3) is 0 Å². The third kappa shape index (κ3) is 16.8. The first-order chi connectivity index (χ1) is 27.6. The van der Waals surface area contributed by atoms with Gasteiger partial charge >= 0.3 is 0 Å². The van der Waals surface area contributed by atoms with Crippen molar-refractivity contribution in [1.82, 2.24) is 0 Å². The molecule has 0 aromatic heterocycles. The van der Waals surface area contributed by atoms with Gasteiger partial charge in [0.2, 0.25) is 0 Å². The van der Waals surface area contributed by atoms with Crippen LogP contribution in [-0.4, -0.2) is 6.04 Å². The quantitative estimate of drug-likeness (QED) is 0.0983. The molecule has 2 nitrogen and oxygen atoms in total.